The van der Waals surface area contributed by atoms with Crippen LogP contribution < -0.4 is 10.1 Å². The molecule has 21 heavy (non-hydrogen) atoms. The van der Waals surface area contributed by atoms with Gasteiger partial charge in [-0.1, -0.05) is 6.92 Å². The Morgan fingerprint density at radius 3 is 2.62 bits per heavy atom. The average Bonchev–Trinajstić information content (AvgIpc) is 2.95. The first kappa shape index (κ1) is 15.1. The van der Waals surface area contributed by atoms with Crippen molar-refractivity contribution in [2.75, 3.05) is 12.4 Å². The van der Waals surface area contributed by atoms with Crippen molar-refractivity contribution in [2.45, 2.75) is 13.3 Å². The lowest BCUT2D eigenvalue weighted by molar-refractivity contribution is 0.0698. The van der Waals surface area contributed by atoms with E-state index in [1.54, 1.807) is 12.1 Å². The molecule has 1 aromatic carbocycles. The fourth-order valence-corrected chi connectivity index (χ4v) is 2.66. The molecule has 0 saturated carbocycles. The van der Waals surface area contributed by atoms with E-state index in [1.165, 1.54) is 30.6 Å². The summed E-state index contributed by atoms with van der Waals surface area (Å²) >= 11 is 1.39. The van der Waals surface area contributed by atoms with Crippen molar-refractivity contribution >= 4 is 28.9 Å². The third kappa shape index (κ3) is 3.41. The van der Waals surface area contributed by atoms with Crippen LogP contribution in [0.5, 0.6) is 5.75 Å². The van der Waals surface area contributed by atoms with Gasteiger partial charge in [0.15, 0.2) is 0 Å². The van der Waals surface area contributed by atoms with Gasteiger partial charge in [0.2, 0.25) is 0 Å². The largest absolute Gasteiger partial charge is 0.497 e. The maximum Gasteiger partial charge on any atom is 0.337 e. The number of anilines is 1. The lowest BCUT2D eigenvalue weighted by Gasteiger charge is -2.09. The third-order valence-corrected chi connectivity index (χ3v) is 4.17. The number of aromatic carboxylic acids is 1. The number of carboxylic acid groups (broad SMARTS) is 1. The lowest BCUT2D eigenvalue weighted by Crippen LogP contribution is -2.13. The summed E-state index contributed by atoms with van der Waals surface area (Å²) in [6.07, 6.45) is 0.859. The van der Waals surface area contributed by atoms with E-state index in [1.807, 2.05) is 13.0 Å². The number of amides is 1. The zero-order valence-electron chi connectivity index (χ0n) is 11.7. The fraction of sp³-hybridized carbons (Fsp3) is 0.200. The number of thiophene rings is 1. The van der Waals surface area contributed by atoms with Crippen LogP contribution in [0.25, 0.3) is 0 Å². The van der Waals surface area contributed by atoms with Gasteiger partial charge < -0.3 is 15.2 Å². The monoisotopic (exact) mass is 305 g/mol. The van der Waals surface area contributed by atoms with Crippen molar-refractivity contribution in [1.82, 2.24) is 0 Å². The van der Waals surface area contributed by atoms with E-state index in [0.717, 1.165) is 11.3 Å². The molecule has 110 valence electrons. The topological polar surface area (TPSA) is 75.6 Å². The van der Waals surface area contributed by atoms with E-state index in [0.29, 0.717) is 10.6 Å². The van der Waals surface area contributed by atoms with Crippen LogP contribution in [0.2, 0.25) is 0 Å². The summed E-state index contributed by atoms with van der Waals surface area (Å²) in [7, 11) is 1.48. The Hall–Kier alpha value is -2.34. The van der Waals surface area contributed by atoms with Crippen LogP contribution in [0.4, 0.5) is 5.69 Å². The predicted octanol–water partition coefficient (Wildman–Crippen LogP) is 3.27. The molecule has 5 nitrogen and oxygen atoms in total. The van der Waals surface area contributed by atoms with Crippen LogP contribution in [-0.4, -0.2) is 24.1 Å². The molecule has 1 heterocycles. The molecule has 2 aromatic rings. The number of carboxylic acids is 1. The second-order valence-electron chi connectivity index (χ2n) is 4.29. The van der Waals surface area contributed by atoms with E-state index in [9.17, 15) is 9.59 Å². The van der Waals surface area contributed by atoms with Crippen LogP contribution >= 0.6 is 11.3 Å². The van der Waals surface area contributed by atoms with Gasteiger partial charge >= 0.3 is 5.97 Å². The maximum atomic E-state index is 12.2. The number of methoxy groups -OCH3 is 1. The molecular weight excluding hydrogens is 290 g/mol. The smallest absolute Gasteiger partial charge is 0.337 e. The van der Waals surface area contributed by atoms with E-state index < -0.39 is 5.97 Å². The molecule has 0 atom stereocenters. The molecule has 2 N–H and O–H groups in total. The SMILES string of the molecule is CCc1ccc(C(=O)Nc2cc(OC)ccc2C(=O)O)s1. The van der Waals surface area contributed by atoms with Gasteiger partial charge in [0.1, 0.15) is 5.75 Å². The Morgan fingerprint density at radius 1 is 1.29 bits per heavy atom. The standard InChI is InChI=1S/C15H15NO4S/c1-3-10-5-7-13(21-10)14(17)16-12-8-9(20-2)4-6-11(12)15(18)19/h4-8H,3H2,1-2H3,(H,16,17)(H,18,19). The van der Waals surface area contributed by atoms with Gasteiger partial charge in [0.05, 0.1) is 23.2 Å². The summed E-state index contributed by atoms with van der Waals surface area (Å²) in [6.45, 7) is 2.01. The number of benzene rings is 1. The molecule has 0 fully saturated rings. The third-order valence-electron chi connectivity index (χ3n) is 2.94. The zero-order valence-corrected chi connectivity index (χ0v) is 12.5. The van der Waals surface area contributed by atoms with Gasteiger partial charge in [-0.3, -0.25) is 4.79 Å². The van der Waals surface area contributed by atoms with Crippen LogP contribution in [-0.2, 0) is 6.42 Å². The number of ether oxygens (including phenoxy) is 1. The number of carbonyl (C=O) groups excluding carboxylic acids is 1. The van der Waals surface area contributed by atoms with E-state index in [2.05, 4.69) is 5.32 Å². The fourth-order valence-electron chi connectivity index (χ4n) is 1.81. The normalized spacial score (nSPS) is 10.2. The first-order valence-electron chi connectivity index (χ1n) is 6.36. The van der Waals surface area contributed by atoms with Gasteiger partial charge in [-0.25, -0.2) is 4.79 Å². The van der Waals surface area contributed by atoms with Crippen molar-refractivity contribution in [3.05, 3.63) is 45.6 Å². The second kappa shape index (κ2) is 6.41. The summed E-state index contributed by atoms with van der Waals surface area (Å²) in [5.41, 5.74) is 0.245. The zero-order chi connectivity index (χ0) is 15.4. The Bertz CT molecular complexity index is 678. The van der Waals surface area contributed by atoms with Gasteiger partial charge in [-0.2, -0.15) is 0 Å². The van der Waals surface area contributed by atoms with Crippen molar-refractivity contribution < 1.29 is 19.4 Å². The number of hydrogen-bond acceptors (Lipinski definition) is 4. The Labute approximate surface area is 126 Å². The quantitative estimate of drug-likeness (QED) is 0.889. The van der Waals surface area contributed by atoms with Gasteiger partial charge in [0.25, 0.3) is 5.91 Å². The molecule has 2 rings (SSSR count). The molecule has 1 amide bonds. The Morgan fingerprint density at radius 2 is 2.05 bits per heavy atom. The molecule has 6 heteroatoms. The highest BCUT2D eigenvalue weighted by Crippen LogP contribution is 2.24. The predicted molar refractivity (Wildman–Crippen MR) is 81.6 cm³/mol. The van der Waals surface area contributed by atoms with Crippen LogP contribution in [0, 0.1) is 0 Å². The Balaban J connectivity index is 2.28. The number of carbonyl (C=O) groups is 2. The molecule has 0 aliphatic heterocycles. The van der Waals surface area contributed by atoms with E-state index in [4.69, 9.17) is 9.84 Å². The molecular formula is C15H15NO4S. The first-order chi connectivity index (χ1) is 10.0. The molecule has 0 aliphatic rings. The summed E-state index contributed by atoms with van der Waals surface area (Å²) in [6, 6.07) is 8.07. The van der Waals surface area contributed by atoms with Gasteiger partial charge in [-0.05, 0) is 30.7 Å². The summed E-state index contributed by atoms with van der Waals surface area (Å²) < 4.78 is 5.06. The van der Waals surface area contributed by atoms with E-state index in [-0.39, 0.29) is 17.2 Å². The van der Waals surface area contributed by atoms with E-state index >= 15 is 0 Å². The first-order valence-corrected chi connectivity index (χ1v) is 7.18. The molecule has 0 aliphatic carbocycles. The highest BCUT2D eigenvalue weighted by molar-refractivity contribution is 7.14. The average molecular weight is 305 g/mol. The number of nitrogens with one attached hydrogen (secondary N) is 1. The highest BCUT2D eigenvalue weighted by atomic mass is 32.1. The van der Waals surface area contributed by atoms with Crippen molar-refractivity contribution in [3.63, 3.8) is 0 Å². The minimum absolute atomic E-state index is 0.0245. The number of hydrogen-bond donors (Lipinski definition) is 2. The maximum absolute atomic E-state index is 12.2. The molecule has 1 aromatic heterocycles. The molecule has 0 unspecified atom stereocenters. The Kier molecular flexibility index (Phi) is 4.59. The van der Waals surface area contributed by atoms with Crippen LogP contribution in [0.3, 0.4) is 0 Å². The van der Waals surface area contributed by atoms with Crippen molar-refractivity contribution in [2.24, 2.45) is 0 Å². The minimum atomic E-state index is -1.10. The van der Waals surface area contributed by atoms with Gasteiger partial charge in [-0.15, -0.1) is 11.3 Å². The summed E-state index contributed by atoms with van der Waals surface area (Å²) in [4.78, 5) is 25.0. The summed E-state index contributed by atoms with van der Waals surface area (Å²) in [5, 5.41) is 11.8. The van der Waals surface area contributed by atoms with Crippen molar-refractivity contribution in [3.8, 4) is 5.75 Å². The highest BCUT2D eigenvalue weighted by Gasteiger charge is 2.15. The number of rotatable bonds is 5. The molecule has 0 spiro atoms. The van der Waals surface area contributed by atoms with Crippen LogP contribution in [0.1, 0.15) is 31.8 Å². The summed E-state index contributed by atoms with van der Waals surface area (Å²) in [5.74, 6) is -0.945. The van der Waals surface area contributed by atoms with Gasteiger partial charge in [0, 0.05) is 10.9 Å². The molecule has 0 saturated heterocycles. The van der Waals surface area contributed by atoms with Crippen molar-refractivity contribution in [1.29, 1.82) is 0 Å². The minimum Gasteiger partial charge on any atom is -0.497 e. The van der Waals surface area contributed by atoms with Crippen LogP contribution in [0.15, 0.2) is 30.3 Å². The second-order valence-corrected chi connectivity index (χ2v) is 5.46. The molecule has 0 radical (unpaired) electrons. The number of aryl methyl sites for hydroxylation is 1. The lowest BCUT2D eigenvalue weighted by atomic mass is 10.1. The molecule has 0 bridgehead atoms.